The van der Waals surface area contributed by atoms with E-state index in [1.807, 2.05) is 24.4 Å². The Morgan fingerprint density at radius 1 is 1.09 bits per heavy atom. The van der Waals surface area contributed by atoms with Crippen molar-refractivity contribution in [1.29, 1.82) is 0 Å². The molecular weight excluding hydrogens is 424 g/mol. The van der Waals surface area contributed by atoms with Crippen molar-refractivity contribution < 1.29 is 14.3 Å². The van der Waals surface area contributed by atoms with Gasteiger partial charge in [0.2, 0.25) is 5.91 Å². The second-order valence-electron chi connectivity index (χ2n) is 9.75. The lowest BCUT2D eigenvalue weighted by Gasteiger charge is -2.40. The lowest BCUT2D eigenvalue weighted by Crippen LogP contribution is -2.50. The van der Waals surface area contributed by atoms with Crippen LogP contribution in [0.3, 0.4) is 0 Å². The molecule has 0 unspecified atom stereocenters. The summed E-state index contributed by atoms with van der Waals surface area (Å²) in [5.74, 6) is 1.67. The second-order valence-corrected chi connectivity index (χ2v) is 9.75. The summed E-state index contributed by atoms with van der Waals surface area (Å²) in [6.45, 7) is 2.92. The number of nitrogens with zero attached hydrogens (tertiary/aromatic N) is 2. The SMILES string of the molecule is COc1ccc(C2(C(=O)N3CCC[C@H](Cc4cnc5ccccc5c4)CC3)CCOCC2)cc1. The van der Waals surface area contributed by atoms with Crippen molar-refractivity contribution in [3.8, 4) is 5.75 Å². The molecule has 5 rings (SSSR count). The van der Waals surface area contributed by atoms with Gasteiger partial charge in [-0.1, -0.05) is 30.3 Å². The molecule has 5 nitrogen and oxygen atoms in total. The highest BCUT2D eigenvalue weighted by molar-refractivity contribution is 5.88. The maximum absolute atomic E-state index is 14.0. The Morgan fingerprint density at radius 3 is 2.68 bits per heavy atom. The normalized spacial score (nSPS) is 20.6. The minimum absolute atomic E-state index is 0.272. The van der Waals surface area contributed by atoms with E-state index in [2.05, 4.69) is 46.3 Å². The van der Waals surface area contributed by atoms with Crippen molar-refractivity contribution in [3.05, 3.63) is 71.9 Å². The van der Waals surface area contributed by atoms with Crippen molar-refractivity contribution in [2.24, 2.45) is 5.92 Å². The molecule has 5 heteroatoms. The fourth-order valence-electron chi connectivity index (χ4n) is 5.69. The first-order valence-electron chi connectivity index (χ1n) is 12.5. The Hall–Kier alpha value is -2.92. The average Bonchev–Trinajstić information content (AvgIpc) is 3.14. The van der Waals surface area contributed by atoms with Gasteiger partial charge in [0.25, 0.3) is 0 Å². The summed E-state index contributed by atoms with van der Waals surface area (Å²) >= 11 is 0. The summed E-state index contributed by atoms with van der Waals surface area (Å²) < 4.78 is 11.0. The molecule has 3 aromatic rings. The summed E-state index contributed by atoms with van der Waals surface area (Å²) in [6.07, 6.45) is 7.76. The van der Waals surface area contributed by atoms with Gasteiger partial charge in [0.15, 0.2) is 0 Å². The van der Waals surface area contributed by atoms with E-state index in [-0.39, 0.29) is 5.91 Å². The molecule has 1 atom stereocenters. The fraction of sp³-hybridized carbons (Fsp3) is 0.448. The van der Waals surface area contributed by atoms with E-state index in [0.717, 1.165) is 68.4 Å². The first kappa shape index (κ1) is 22.9. The topological polar surface area (TPSA) is 51.7 Å². The Labute approximate surface area is 202 Å². The monoisotopic (exact) mass is 458 g/mol. The molecule has 1 amide bonds. The zero-order valence-corrected chi connectivity index (χ0v) is 20.0. The third-order valence-electron chi connectivity index (χ3n) is 7.70. The number of rotatable bonds is 5. The first-order valence-corrected chi connectivity index (χ1v) is 12.5. The number of para-hydroxylation sites is 1. The lowest BCUT2D eigenvalue weighted by atomic mass is 9.73. The maximum atomic E-state index is 14.0. The smallest absolute Gasteiger partial charge is 0.233 e. The minimum atomic E-state index is -0.493. The van der Waals surface area contributed by atoms with Crippen molar-refractivity contribution >= 4 is 16.8 Å². The summed E-state index contributed by atoms with van der Waals surface area (Å²) in [6, 6.07) is 18.6. The minimum Gasteiger partial charge on any atom is -0.497 e. The average molecular weight is 459 g/mol. The highest BCUT2D eigenvalue weighted by Gasteiger charge is 2.44. The molecule has 2 aliphatic rings. The van der Waals surface area contributed by atoms with E-state index in [9.17, 15) is 4.79 Å². The van der Waals surface area contributed by atoms with Gasteiger partial charge in [-0.2, -0.15) is 0 Å². The van der Waals surface area contributed by atoms with E-state index in [1.54, 1.807) is 7.11 Å². The van der Waals surface area contributed by atoms with Crippen LogP contribution in [0.15, 0.2) is 60.8 Å². The zero-order valence-electron chi connectivity index (χ0n) is 20.0. The van der Waals surface area contributed by atoms with Gasteiger partial charge in [0.1, 0.15) is 5.75 Å². The number of carbonyl (C=O) groups excluding carboxylic acids is 1. The Bertz CT molecular complexity index is 1120. The summed E-state index contributed by atoms with van der Waals surface area (Å²) in [7, 11) is 1.67. The van der Waals surface area contributed by atoms with Crippen molar-refractivity contribution in [3.63, 3.8) is 0 Å². The van der Waals surface area contributed by atoms with Gasteiger partial charge < -0.3 is 14.4 Å². The van der Waals surface area contributed by atoms with Crippen LogP contribution < -0.4 is 4.74 Å². The van der Waals surface area contributed by atoms with Crippen LogP contribution in [0.1, 0.15) is 43.2 Å². The number of hydrogen-bond donors (Lipinski definition) is 0. The molecule has 1 aromatic heterocycles. The number of ether oxygens (including phenoxy) is 2. The van der Waals surface area contributed by atoms with Crippen LogP contribution in [0.5, 0.6) is 5.75 Å². The second kappa shape index (κ2) is 10.1. The molecule has 2 saturated heterocycles. The molecule has 0 bridgehead atoms. The largest absolute Gasteiger partial charge is 0.497 e. The maximum Gasteiger partial charge on any atom is 0.233 e. The van der Waals surface area contributed by atoms with E-state index < -0.39 is 5.41 Å². The van der Waals surface area contributed by atoms with Crippen LogP contribution >= 0.6 is 0 Å². The standard InChI is InChI=1S/C29H34N2O3/c1-33-26-10-8-25(9-11-26)29(13-17-34-18-14-29)28(32)31-15-4-5-22(12-16-31)19-23-20-24-6-2-3-7-27(24)30-21-23/h2-3,6-11,20-22H,4-5,12-19H2,1H3/t22-/m0/s1. The highest BCUT2D eigenvalue weighted by Crippen LogP contribution is 2.38. The first-order chi connectivity index (χ1) is 16.7. The van der Waals surface area contributed by atoms with Gasteiger partial charge in [0.05, 0.1) is 18.0 Å². The number of likely N-dealkylation sites (tertiary alicyclic amines) is 1. The number of carbonyl (C=O) groups is 1. The number of pyridine rings is 1. The van der Waals surface area contributed by atoms with Crippen molar-refractivity contribution in [2.75, 3.05) is 33.4 Å². The molecular formula is C29H34N2O3. The van der Waals surface area contributed by atoms with Gasteiger partial charge in [-0.3, -0.25) is 9.78 Å². The van der Waals surface area contributed by atoms with Gasteiger partial charge in [-0.05, 0) is 79.8 Å². The highest BCUT2D eigenvalue weighted by atomic mass is 16.5. The Morgan fingerprint density at radius 2 is 1.88 bits per heavy atom. The number of fused-ring (bicyclic) bond motifs is 1. The molecule has 2 fully saturated rings. The molecule has 0 spiro atoms. The van der Waals surface area contributed by atoms with E-state index >= 15 is 0 Å². The predicted molar refractivity (Wildman–Crippen MR) is 134 cm³/mol. The van der Waals surface area contributed by atoms with Gasteiger partial charge >= 0.3 is 0 Å². The number of amides is 1. The van der Waals surface area contributed by atoms with Crippen molar-refractivity contribution in [2.45, 2.75) is 43.9 Å². The van der Waals surface area contributed by atoms with E-state index in [1.165, 1.54) is 10.9 Å². The number of benzene rings is 2. The predicted octanol–water partition coefficient (Wildman–Crippen LogP) is 5.16. The molecule has 3 heterocycles. The van der Waals surface area contributed by atoms with E-state index in [4.69, 9.17) is 9.47 Å². The van der Waals surface area contributed by atoms with Gasteiger partial charge in [-0.25, -0.2) is 0 Å². The Kier molecular flexibility index (Phi) is 6.82. The molecule has 2 aliphatic heterocycles. The molecule has 2 aromatic carbocycles. The molecule has 0 radical (unpaired) electrons. The van der Waals surface area contributed by atoms with Gasteiger partial charge in [0, 0.05) is 37.9 Å². The van der Waals surface area contributed by atoms with Crippen LogP contribution in [-0.4, -0.2) is 49.2 Å². The number of aromatic nitrogens is 1. The zero-order chi connectivity index (χ0) is 23.4. The van der Waals surface area contributed by atoms with Crippen LogP contribution in [0.25, 0.3) is 10.9 Å². The number of methoxy groups -OCH3 is 1. The van der Waals surface area contributed by atoms with Crippen LogP contribution in [0.4, 0.5) is 0 Å². The summed E-state index contributed by atoms with van der Waals surface area (Å²) in [4.78, 5) is 20.8. The van der Waals surface area contributed by atoms with Crippen LogP contribution in [0.2, 0.25) is 0 Å². The lowest BCUT2D eigenvalue weighted by molar-refractivity contribution is -0.141. The third kappa shape index (κ3) is 4.67. The van der Waals surface area contributed by atoms with Gasteiger partial charge in [-0.15, -0.1) is 0 Å². The quantitative estimate of drug-likeness (QED) is 0.530. The molecule has 0 aliphatic carbocycles. The Balaban J connectivity index is 1.29. The fourth-order valence-corrected chi connectivity index (χ4v) is 5.69. The summed E-state index contributed by atoms with van der Waals surface area (Å²) in [5, 5.41) is 1.20. The molecule has 178 valence electrons. The summed E-state index contributed by atoms with van der Waals surface area (Å²) in [5.41, 5.74) is 2.93. The molecule has 0 saturated carbocycles. The molecule has 0 N–H and O–H groups in total. The van der Waals surface area contributed by atoms with E-state index in [0.29, 0.717) is 19.1 Å². The molecule has 34 heavy (non-hydrogen) atoms. The number of hydrogen-bond acceptors (Lipinski definition) is 4. The third-order valence-corrected chi connectivity index (χ3v) is 7.70. The van der Waals surface area contributed by atoms with Crippen molar-refractivity contribution in [1.82, 2.24) is 9.88 Å². The van der Waals surface area contributed by atoms with Crippen LogP contribution in [-0.2, 0) is 21.4 Å². The van der Waals surface area contributed by atoms with Crippen LogP contribution in [0, 0.1) is 5.92 Å².